The van der Waals surface area contributed by atoms with Crippen LogP contribution in [0, 0.1) is 0 Å². The van der Waals surface area contributed by atoms with Crippen molar-refractivity contribution in [1.82, 2.24) is 15.1 Å². The number of benzene rings is 1. The Morgan fingerprint density at radius 2 is 2.18 bits per heavy atom. The van der Waals surface area contributed by atoms with E-state index in [2.05, 4.69) is 16.5 Å². The molecule has 0 bridgehead atoms. The highest BCUT2D eigenvalue weighted by atomic mass is 16.2. The highest BCUT2D eigenvalue weighted by molar-refractivity contribution is 5.80. The van der Waals surface area contributed by atoms with Crippen LogP contribution < -0.4 is 10.9 Å². The number of H-pyrrole nitrogens is 1. The lowest BCUT2D eigenvalue weighted by molar-refractivity contribution is -0.122. The minimum absolute atomic E-state index is 0.0190. The van der Waals surface area contributed by atoms with Crippen molar-refractivity contribution in [2.24, 2.45) is 0 Å². The maximum atomic E-state index is 12.2. The van der Waals surface area contributed by atoms with Gasteiger partial charge in [-0.2, -0.15) is 0 Å². The minimum atomic E-state index is -0.157. The number of para-hydroxylation sites is 1. The molecule has 0 saturated carbocycles. The van der Waals surface area contributed by atoms with Gasteiger partial charge in [0.25, 0.3) is 5.56 Å². The van der Waals surface area contributed by atoms with E-state index in [4.69, 9.17) is 0 Å². The van der Waals surface area contributed by atoms with E-state index in [1.165, 1.54) is 23.1 Å². The summed E-state index contributed by atoms with van der Waals surface area (Å²) in [6, 6.07) is 7.31. The van der Waals surface area contributed by atoms with Crippen LogP contribution in [0.1, 0.15) is 32.6 Å². The molecule has 0 fully saturated rings. The topological polar surface area (TPSA) is 66.9 Å². The van der Waals surface area contributed by atoms with Crippen LogP contribution in [0.5, 0.6) is 0 Å². The van der Waals surface area contributed by atoms with Crippen molar-refractivity contribution in [2.75, 3.05) is 0 Å². The quantitative estimate of drug-likeness (QED) is 0.851. The van der Waals surface area contributed by atoms with Gasteiger partial charge in [-0.15, -0.1) is 0 Å². The summed E-state index contributed by atoms with van der Waals surface area (Å²) < 4.78 is 1.36. The molecule has 22 heavy (non-hydrogen) atoms. The average molecular weight is 299 g/mol. The molecule has 1 unspecified atom stereocenters. The first kappa shape index (κ1) is 14.6. The molecule has 3 rings (SSSR count). The monoisotopic (exact) mass is 299 g/mol. The van der Waals surface area contributed by atoms with E-state index in [1.807, 2.05) is 25.1 Å². The maximum absolute atomic E-state index is 12.2. The molecule has 1 aliphatic rings. The molecule has 5 heteroatoms. The molecule has 1 aromatic carbocycles. The summed E-state index contributed by atoms with van der Waals surface area (Å²) in [7, 11) is 0. The van der Waals surface area contributed by atoms with Crippen molar-refractivity contribution < 1.29 is 4.79 Å². The van der Waals surface area contributed by atoms with Crippen LogP contribution in [-0.4, -0.2) is 21.7 Å². The standard InChI is InChI=1S/C17H21N3O2/c1-12(13-7-3-2-4-8-13)18-16(21)11-20-17(22)14-9-5-6-10-15(14)19-20/h5-7,9-10,12,19H,2-4,8,11H2,1H3,(H,18,21). The van der Waals surface area contributed by atoms with Crippen molar-refractivity contribution in [3.63, 3.8) is 0 Å². The van der Waals surface area contributed by atoms with Crippen molar-refractivity contribution in [3.05, 3.63) is 46.3 Å². The second kappa shape index (κ2) is 6.22. The van der Waals surface area contributed by atoms with Gasteiger partial charge in [0.2, 0.25) is 5.91 Å². The SMILES string of the molecule is CC(NC(=O)Cn1[nH]c2ccccc2c1=O)C1=CCCCC1. The van der Waals surface area contributed by atoms with E-state index in [0.29, 0.717) is 5.39 Å². The summed E-state index contributed by atoms with van der Waals surface area (Å²) >= 11 is 0. The zero-order valence-corrected chi connectivity index (χ0v) is 12.8. The fourth-order valence-corrected chi connectivity index (χ4v) is 3.00. The Labute approximate surface area is 129 Å². The molecule has 1 atom stereocenters. The van der Waals surface area contributed by atoms with Gasteiger partial charge in [0, 0.05) is 6.04 Å². The molecule has 2 N–H and O–H groups in total. The van der Waals surface area contributed by atoms with Gasteiger partial charge in [0.05, 0.1) is 10.9 Å². The van der Waals surface area contributed by atoms with Gasteiger partial charge in [0.1, 0.15) is 6.54 Å². The van der Waals surface area contributed by atoms with Gasteiger partial charge < -0.3 is 5.32 Å². The second-order valence-electron chi connectivity index (χ2n) is 5.86. The zero-order chi connectivity index (χ0) is 15.5. The number of aromatic amines is 1. The molecule has 5 nitrogen and oxygen atoms in total. The predicted octanol–water partition coefficient (Wildman–Crippen LogP) is 2.33. The number of allylic oxidation sites excluding steroid dienone is 1. The third kappa shape index (κ3) is 2.98. The van der Waals surface area contributed by atoms with E-state index in [0.717, 1.165) is 18.4 Å². The molecule has 1 aliphatic carbocycles. The highest BCUT2D eigenvalue weighted by Gasteiger charge is 2.15. The molecule has 2 aromatic rings. The number of nitrogens with zero attached hydrogens (tertiary/aromatic N) is 1. The van der Waals surface area contributed by atoms with Crippen LogP contribution in [0.2, 0.25) is 0 Å². The zero-order valence-electron chi connectivity index (χ0n) is 12.8. The lowest BCUT2D eigenvalue weighted by atomic mass is 9.95. The van der Waals surface area contributed by atoms with E-state index in [1.54, 1.807) is 6.07 Å². The van der Waals surface area contributed by atoms with E-state index in [9.17, 15) is 9.59 Å². The van der Waals surface area contributed by atoms with E-state index < -0.39 is 0 Å². The highest BCUT2D eigenvalue weighted by Crippen LogP contribution is 2.20. The van der Waals surface area contributed by atoms with Gasteiger partial charge in [-0.1, -0.05) is 23.8 Å². The molecule has 1 aromatic heterocycles. The fourth-order valence-electron chi connectivity index (χ4n) is 3.00. The van der Waals surface area contributed by atoms with Crippen LogP contribution in [0.3, 0.4) is 0 Å². The Hall–Kier alpha value is -2.30. The van der Waals surface area contributed by atoms with Gasteiger partial charge in [0.15, 0.2) is 0 Å². The first-order valence-electron chi connectivity index (χ1n) is 7.81. The third-order valence-corrected chi connectivity index (χ3v) is 4.22. The van der Waals surface area contributed by atoms with Crippen LogP contribution >= 0.6 is 0 Å². The largest absolute Gasteiger partial charge is 0.348 e. The van der Waals surface area contributed by atoms with Gasteiger partial charge in [-0.3, -0.25) is 14.7 Å². The maximum Gasteiger partial charge on any atom is 0.274 e. The molecular weight excluding hydrogens is 278 g/mol. The third-order valence-electron chi connectivity index (χ3n) is 4.22. The second-order valence-corrected chi connectivity index (χ2v) is 5.86. The van der Waals surface area contributed by atoms with Crippen molar-refractivity contribution in [2.45, 2.75) is 45.2 Å². The lowest BCUT2D eigenvalue weighted by Gasteiger charge is -2.20. The number of carbonyl (C=O) groups is 1. The van der Waals surface area contributed by atoms with Crippen molar-refractivity contribution >= 4 is 16.8 Å². The smallest absolute Gasteiger partial charge is 0.274 e. The number of nitrogens with one attached hydrogen (secondary N) is 2. The number of fused-ring (bicyclic) bond motifs is 1. The summed E-state index contributed by atoms with van der Waals surface area (Å²) in [5.74, 6) is -0.146. The number of rotatable bonds is 4. The summed E-state index contributed by atoms with van der Waals surface area (Å²) in [5.41, 5.74) is 1.89. The Kier molecular flexibility index (Phi) is 4.13. The molecule has 1 heterocycles. The summed E-state index contributed by atoms with van der Waals surface area (Å²) in [4.78, 5) is 24.4. The first-order valence-corrected chi connectivity index (χ1v) is 7.81. The number of aromatic nitrogens is 2. The summed E-state index contributed by atoms with van der Waals surface area (Å²) in [6.45, 7) is 2.02. The molecular formula is C17H21N3O2. The van der Waals surface area contributed by atoms with E-state index in [-0.39, 0.29) is 24.1 Å². The normalized spacial score (nSPS) is 16.3. The molecule has 0 radical (unpaired) electrons. The summed E-state index contributed by atoms with van der Waals surface area (Å²) in [6.07, 6.45) is 6.79. The van der Waals surface area contributed by atoms with Crippen LogP contribution in [0.4, 0.5) is 0 Å². The first-order chi connectivity index (χ1) is 10.6. The van der Waals surface area contributed by atoms with Crippen molar-refractivity contribution in [1.29, 1.82) is 0 Å². The fraction of sp³-hybridized carbons (Fsp3) is 0.412. The number of hydrogen-bond donors (Lipinski definition) is 2. The number of carbonyl (C=O) groups excluding carboxylic acids is 1. The number of amides is 1. The van der Waals surface area contributed by atoms with Crippen molar-refractivity contribution in [3.8, 4) is 0 Å². The van der Waals surface area contributed by atoms with E-state index >= 15 is 0 Å². The molecule has 0 spiro atoms. The average Bonchev–Trinajstić information content (AvgIpc) is 2.84. The molecule has 0 aliphatic heterocycles. The van der Waals surface area contributed by atoms with Gasteiger partial charge in [-0.25, -0.2) is 4.68 Å². The van der Waals surface area contributed by atoms with Crippen LogP contribution in [0.25, 0.3) is 10.9 Å². The van der Waals surface area contributed by atoms with Gasteiger partial charge in [-0.05, 0) is 44.7 Å². The molecule has 0 saturated heterocycles. The predicted molar refractivity (Wildman–Crippen MR) is 86.7 cm³/mol. The van der Waals surface area contributed by atoms with Crippen LogP contribution in [0.15, 0.2) is 40.7 Å². The Morgan fingerprint density at radius 1 is 1.36 bits per heavy atom. The Balaban J connectivity index is 1.69. The molecule has 1 amide bonds. The summed E-state index contributed by atoms with van der Waals surface area (Å²) in [5, 5.41) is 6.57. The Bertz CT molecular complexity index is 770. The Morgan fingerprint density at radius 3 is 2.91 bits per heavy atom. The van der Waals surface area contributed by atoms with Gasteiger partial charge >= 0.3 is 0 Å². The van der Waals surface area contributed by atoms with Crippen LogP contribution in [-0.2, 0) is 11.3 Å². The number of hydrogen-bond acceptors (Lipinski definition) is 2. The minimum Gasteiger partial charge on any atom is -0.348 e. The lowest BCUT2D eigenvalue weighted by Crippen LogP contribution is -2.38. The molecule has 116 valence electrons.